The van der Waals surface area contributed by atoms with E-state index in [-0.39, 0.29) is 30.3 Å². The number of hydrogen-bond donors (Lipinski definition) is 0. The standard InChI is InChI=1S/C32H33ClN4O3/c1-2-27(24-13-7-4-8-14-24)32(39)36(21-23-11-5-3-6-12-23)22-29(38)37-20-10-9-15-28(37)31-34-30(35-40-31)25-16-18-26(33)19-17-25/h3-8,11-14,16-19,27-28H,2,9-10,15,20-22H2,1H3/t27-,28-/m1/s1. The molecule has 1 aliphatic heterocycles. The molecule has 1 fully saturated rings. The third-order valence-corrected chi connectivity index (χ3v) is 7.67. The molecule has 3 aromatic carbocycles. The fourth-order valence-corrected chi connectivity index (χ4v) is 5.43. The summed E-state index contributed by atoms with van der Waals surface area (Å²) >= 11 is 6.02. The monoisotopic (exact) mass is 556 g/mol. The van der Waals surface area contributed by atoms with Crippen molar-refractivity contribution in [3.05, 3.63) is 107 Å². The van der Waals surface area contributed by atoms with Gasteiger partial charge in [0.05, 0.1) is 5.92 Å². The molecule has 1 aromatic heterocycles. The molecule has 1 aliphatic rings. The highest BCUT2D eigenvalue weighted by Gasteiger charge is 2.34. The number of nitrogens with zero attached hydrogens (tertiary/aromatic N) is 4. The molecule has 40 heavy (non-hydrogen) atoms. The molecule has 0 spiro atoms. The molecular formula is C32H33ClN4O3. The molecule has 0 radical (unpaired) electrons. The van der Waals surface area contributed by atoms with Crippen LogP contribution in [-0.2, 0) is 16.1 Å². The van der Waals surface area contributed by atoms with Gasteiger partial charge in [-0.2, -0.15) is 4.98 Å². The molecule has 206 valence electrons. The van der Waals surface area contributed by atoms with Gasteiger partial charge in [-0.3, -0.25) is 9.59 Å². The molecule has 0 unspecified atom stereocenters. The quantitative estimate of drug-likeness (QED) is 0.230. The SMILES string of the molecule is CC[C@@H](C(=O)N(CC(=O)N1CCCC[C@@H]1c1nc(-c2ccc(Cl)cc2)no1)Cc1ccccc1)c1ccccc1. The van der Waals surface area contributed by atoms with Crippen molar-refractivity contribution < 1.29 is 14.1 Å². The highest BCUT2D eigenvalue weighted by Crippen LogP contribution is 2.32. The van der Waals surface area contributed by atoms with E-state index in [0.717, 1.165) is 36.0 Å². The Kier molecular flexibility index (Phi) is 8.91. The van der Waals surface area contributed by atoms with E-state index in [1.807, 2.05) is 79.7 Å². The Labute approximate surface area is 239 Å². The van der Waals surface area contributed by atoms with Gasteiger partial charge in [-0.15, -0.1) is 0 Å². The van der Waals surface area contributed by atoms with Gasteiger partial charge in [-0.25, -0.2) is 0 Å². The summed E-state index contributed by atoms with van der Waals surface area (Å²) < 4.78 is 5.66. The summed E-state index contributed by atoms with van der Waals surface area (Å²) in [5.74, 6) is 0.368. The molecule has 4 aromatic rings. The number of amides is 2. The summed E-state index contributed by atoms with van der Waals surface area (Å²) in [5, 5.41) is 4.79. The molecule has 1 saturated heterocycles. The summed E-state index contributed by atoms with van der Waals surface area (Å²) in [7, 11) is 0. The second-order valence-corrected chi connectivity index (χ2v) is 10.5. The Morgan fingerprint density at radius 3 is 2.40 bits per heavy atom. The van der Waals surface area contributed by atoms with E-state index in [0.29, 0.717) is 36.2 Å². The molecule has 0 bridgehead atoms. The number of carbonyl (C=O) groups is 2. The zero-order valence-corrected chi connectivity index (χ0v) is 23.3. The lowest BCUT2D eigenvalue weighted by molar-refractivity contribution is -0.144. The predicted molar refractivity (Wildman–Crippen MR) is 154 cm³/mol. The summed E-state index contributed by atoms with van der Waals surface area (Å²) in [6, 6.07) is 26.5. The fourth-order valence-electron chi connectivity index (χ4n) is 5.30. The van der Waals surface area contributed by atoms with Crippen LogP contribution in [0.5, 0.6) is 0 Å². The van der Waals surface area contributed by atoms with Crippen LogP contribution in [0.15, 0.2) is 89.5 Å². The van der Waals surface area contributed by atoms with Gasteiger partial charge in [-0.05, 0) is 61.1 Å². The molecule has 2 heterocycles. The smallest absolute Gasteiger partial charge is 0.249 e. The zero-order chi connectivity index (χ0) is 27.9. The largest absolute Gasteiger partial charge is 0.337 e. The average Bonchev–Trinajstić information content (AvgIpc) is 3.49. The number of benzene rings is 3. The number of likely N-dealkylation sites (tertiary alicyclic amines) is 1. The average molecular weight is 557 g/mol. The van der Waals surface area contributed by atoms with E-state index >= 15 is 0 Å². The fraction of sp³-hybridized carbons (Fsp3) is 0.312. The van der Waals surface area contributed by atoms with E-state index < -0.39 is 0 Å². The van der Waals surface area contributed by atoms with Gasteiger partial charge < -0.3 is 14.3 Å². The minimum Gasteiger partial charge on any atom is -0.337 e. The normalized spacial score (nSPS) is 15.9. The second kappa shape index (κ2) is 12.9. The lowest BCUT2D eigenvalue weighted by atomic mass is 9.94. The highest BCUT2D eigenvalue weighted by molar-refractivity contribution is 6.30. The molecule has 2 atom stereocenters. The van der Waals surface area contributed by atoms with Crippen LogP contribution in [0.25, 0.3) is 11.4 Å². The zero-order valence-electron chi connectivity index (χ0n) is 22.6. The maximum absolute atomic E-state index is 13.9. The first-order valence-corrected chi connectivity index (χ1v) is 14.2. The van der Waals surface area contributed by atoms with Crippen LogP contribution in [0, 0.1) is 0 Å². The molecule has 5 rings (SSSR count). The van der Waals surface area contributed by atoms with Crippen molar-refractivity contribution in [1.82, 2.24) is 19.9 Å². The van der Waals surface area contributed by atoms with Gasteiger partial charge >= 0.3 is 0 Å². The van der Waals surface area contributed by atoms with Crippen LogP contribution in [0.3, 0.4) is 0 Å². The van der Waals surface area contributed by atoms with Crippen LogP contribution in [0.4, 0.5) is 0 Å². The topological polar surface area (TPSA) is 79.5 Å². The van der Waals surface area contributed by atoms with Gasteiger partial charge in [0.2, 0.25) is 23.5 Å². The Balaban J connectivity index is 1.38. The number of hydrogen-bond acceptors (Lipinski definition) is 5. The van der Waals surface area contributed by atoms with Gasteiger partial charge in [0.15, 0.2) is 0 Å². The Morgan fingerprint density at radius 2 is 1.70 bits per heavy atom. The number of rotatable bonds is 9. The summed E-state index contributed by atoms with van der Waals surface area (Å²) in [6.07, 6.45) is 3.20. The number of aromatic nitrogens is 2. The van der Waals surface area contributed by atoms with Crippen molar-refractivity contribution in [3.8, 4) is 11.4 Å². The Morgan fingerprint density at radius 1 is 1.00 bits per heavy atom. The summed E-state index contributed by atoms with van der Waals surface area (Å²) in [5.41, 5.74) is 2.72. The van der Waals surface area contributed by atoms with Crippen LogP contribution in [0.1, 0.15) is 61.6 Å². The number of halogens is 1. The molecule has 7 nitrogen and oxygen atoms in total. The van der Waals surface area contributed by atoms with E-state index in [1.165, 1.54) is 0 Å². The first kappa shape index (κ1) is 27.6. The third-order valence-electron chi connectivity index (χ3n) is 7.41. The van der Waals surface area contributed by atoms with Gasteiger partial charge in [0.25, 0.3) is 0 Å². The van der Waals surface area contributed by atoms with E-state index in [9.17, 15) is 9.59 Å². The molecule has 0 saturated carbocycles. The third kappa shape index (κ3) is 6.42. The van der Waals surface area contributed by atoms with Crippen LogP contribution in [0.2, 0.25) is 5.02 Å². The van der Waals surface area contributed by atoms with Crippen molar-refractivity contribution in [1.29, 1.82) is 0 Å². The van der Waals surface area contributed by atoms with E-state index in [4.69, 9.17) is 16.1 Å². The minimum absolute atomic E-state index is 0.0221. The molecular weight excluding hydrogens is 524 g/mol. The Hall–Kier alpha value is -3.97. The molecule has 2 amide bonds. The van der Waals surface area contributed by atoms with Gasteiger partial charge in [0, 0.05) is 23.7 Å². The first-order valence-electron chi connectivity index (χ1n) is 13.8. The summed E-state index contributed by atoms with van der Waals surface area (Å²) in [4.78, 5) is 35.9. The highest BCUT2D eigenvalue weighted by atomic mass is 35.5. The van der Waals surface area contributed by atoms with Crippen LogP contribution >= 0.6 is 11.6 Å². The van der Waals surface area contributed by atoms with E-state index in [1.54, 1.807) is 21.9 Å². The van der Waals surface area contributed by atoms with Crippen molar-refractivity contribution in [3.63, 3.8) is 0 Å². The predicted octanol–water partition coefficient (Wildman–Crippen LogP) is 6.67. The lowest BCUT2D eigenvalue weighted by Crippen LogP contribution is -2.46. The summed E-state index contributed by atoms with van der Waals surface area (Å²) in [6.45, 7) is 2.91. The van der Waals surface area contributed by atoms with Crippen molar-refractivity contribution in [2.24, 2.45) is 0 Å². The van der Waals surface area contributed by atoms with Crippen LogP contribution in [-0.4, -0.2) is 44.8 Å². The molecule has 8 heteroatoms. The van der Waals surface area contributed by atoms with Gasteiger partial charge in [0.1, 0.15) is 12.6 Å². The van der Waals surface area contributed by atoms with E-state index in [2.05, 4.69) is 10.1 Å². The number of carbonyl (C=O) groups excluding carboxylic acids is 2. The van der Waals surface area contributed by atoms with Crippen molar-refractivity contribution >= 4 is 23.4 Å². The van der Waals surface area contributed by atoms with Crippen LogP contribution < -0.4 is 0 Å². The minimum atomic E-state index is -0.334. The Bertz CT molecular complexity index is 1410. The molecule has 0 N–H and O–H groups in total. The maximum Gasteiger partial charge on any atom is 0.249 e. The van der Waals surface area contributed by atoms with Crippen molar-refractivity contribution in [2.75, 3.05) is 13.1 Å². The van der Waals surface area contributed by atoms with Crippen molar-refractivity contribution in [2.45, 2.75) is 51.1 Å². The first-order chi connectivity index (χ1) is 19.5. The number of piperidine rings is 1. The second-order valence-electron chi connectivity index (χ2n) is 10.1. The lowest BCUT2D eigenvalue weighted by Gasteiger charge is -2.35. The van der Waals surface area contributed by atoms with Gasteiger partial charge in [-0.1, -0.05) is 84.3 Å². The molecule has 0 aliphatic carbocycles. The maximum atomic E-state index is 13.9.